The zero-order chi connectivity index (χ0) is 29.3. The number of fused-ring (bicyclic) bond motifs is 2. The van der Waals surface area contributed by atoms with Gasteiger partial charge in [0.15, 0.2) is 23.0 Å². The SMILES string of the molecule is CCOC(=O)c1ccc(N[C@@H]2c3cc(OC)c(OC)cc3[C@@H](c3cc(OC)c(O)c(OC)c3)[C@H]3C(=O)OC[C@@H]32)cc1. The number of benzene rings is 3. The second-order valence-corrected chi connectivity index (χ2v) is 9.83. The van der Waals surface area contributed by atoms with Gasteiger partial charge in [0.05, 0.1) is 59.2 Å². The summed E-state index contributed by atoms with van der Waals surface area (Å²) < 4.78 is 32.9. The minimum Gasteiger partial charge on any atom is -0.502 e. The predicted octanol–water partition coefficient (Wildman–Crippen LogP) is 4.69. The van der Waals surface area contributed by atoms with Crippen LogP contribution >= 0.6 is 0 Å². The number of anilines is 1. The van der Waals surface area contributed by atoms with Gasteiger partial charge in [0.25, 0.3) is 0 Å². The molecule has 0 amide bonds. The second-order valence-electron chi connectivity index (χ2n) is 9.83. The molecule has 2 N–H and O–H groups in total. The fourth-order valence-corrected chi connectivity index (χ4v) is 5.87. The van der Waals surface area contributed by atoms with Gasteiger partial charge in [-0.1, -0.05) is 0 Å². The van der Waals surface area contributed by atoms with Crippen LogP contribution in [0.15, 0.2) is 48.5 Å². The number of hydrogen-bond acceptors (Lipinski definition) is 10. The summed E-state index contributed by atoms with van der Waals surface area (Å²) >= 11 is 0. The van der Waals surface area contributed by atoms with Crippen molar-refractivity contribution < 1.29 is 43.1 Å². The topological polar surface area (TPSA) is 122 Å². The minimum atomic E-state index is -0.559. The Balaban J connectivity index is 1.66. The summed E-state index contributed by atoms with van der Waals surface area (Å²) in [5.41, 5.74) is 3.65. The lowest BCUT2D eigenvalue weighted by atomic mass is 9.65. The summed E-state index contributed by atoms with van der Waals surface area (Å²) in [7, 11) is 6.05. The smallest absolute Gasteiger partial charge is 0.338 e. The van der Waals surface area contributed by atoms with Crippen LogP contribution in [0.1, 0.15) is 45.9 Å². The van der Waals surface area contributed by atoms with Gasteiger partial charge in [-0.3, -0.25) is 4.79 Å². The second kappa shape index (κ2) is 11.5. The summed E-state index contributed by atoms with van der Waals surface area (Å²) in [5, 5.41) is 14.1. The van der Waals surface area contributed by atoms with Crippen molar-refractivity contribution in [3.05, 3.63) is 70.8 Å². The van der Waals surface area contributed by atoms with Crippen molar-refractivity contribution in [2.45, 2.75) is 18.9 Å². The van der Waals surface area contributed by atoms with Gasteiger partial charge >= 0.3 is 11.9 Å². The molecule has 41 heavy (non-hydrogen) atoms. The average Bonchev–Trinajstić information content (AvgIpc) is 3.37. The number of carbonyl (C=O) groups excluding carboxylic acids is 2. The molecule has 2 aliphatic rings. The Morgan fingerprint density at radius 3 is 2.05 bits per heavy atom. The van der Waals surface area contributed by atoms with Crippen molar-refractivity contribution in [3.63, 3.8) is 0 Å². The Morgan fingerprint density at radius 1 is 0.902 bits per heavy atom. The molecule has 3 aromatic rings. The number of hydrogen-bond donors (Lipinski definition) is 2. The van der Waals surface area contributed by atoms with Crippen LogP contribution in [0.5, 0.6) is 28.7 Å². The number of phenolic OH excluding ortho intramolecular Hbond substituents is 1. The highest BCUT2D eigenvalue weighted by Gasteiger charge is 2.52. The molecule has 5 rings (SSSR count). The van der Waals surface area contributed by atoms with Crippen LogP contribution in [0, 0.1) is 11.8 Å². The third kappa shape index (κ3) is 4.94. The van der Waals surface area contributed by atoms with Crippen molar-refractivity contribution in [3.8, 4) is 28.7 Å². The van der Waals surface area contributed by atoms with Gasteiger partial charge < -0.3 is 38.8 Å². The third-order valence-corrected chi connectivity index (χ3v) is 7.78. The summed E-state index contributed by atoms with van der Waals surface area (Å²) in [5.74, 6) is -0.611. The van der Waals surface area contributed by atoms with E-state index in [1.54, 1.807) is 57.5 Å². The van der Waals surface area contributed by atoms with Crippen LogP contribution in [-0.2, 0) is 14.3 Å². The highest BCUT2D eigenvalue weighted by atomic mass is 16.5. The third-order valence-electron chi connectivity index (χ3n) is 7.78. The number of phenols is 1. The maximum Gasteiger partial charge on any atom is 0.338 e. The van der Waals surface area contributed by atoms with Crippen LogP contribution in [0.4, 0.5) is 5.69 Å². The fraction of sp³-hybridized carbons (Fsp3) is 0.355. The highest BCUT2D eigenvalue weighted by molar-refractivity contribution is 5.89. The lowest BCUT2D eigenvalue weighted by Crippen LogP contribution is -2.37. The first kappa shape index (κ1) is 27.9. The summed E-state index contributed by atoms with van der Waals surface area (Å²) in [4.78, 5) is 25.5. The van der Waals surface area contributed by atoms with Gasteiger partial charge in [-0.2, -0.15) is 0 Å². The molecule has 1 aliphatic heterocycles. The first-order valence-electron chi connectivity index (χ1n) is 13.3. The summed E-state index contributed by atoms with van der Waals surface area (Å²) in [6.45, 7) is 2.26. The lowest BCUT2D eigenvalue weighted by molar-refractivity contribution is -0.141. The van der Waals surface area contributed by atoms with Crippen molar-refractivity contribution in [2.24, 2.45) is 11.8 Å². The van der Waals surface area contributed by atoms with Gasteiger partial charge in [0.2, 0.25) is 5.75 Å². The molecule has 3 aromatic carbocycles. The van der Waals surface area contributed by atoms with E-state index in [0.29, 0.717) is 23.7 Å². The molecule has 0 unspecified atom stereocenters. The number of nitrogens with one attached hydrogen (secondary N) is 1. The first-order chi connectivity index (χ1) is 19.8. The monoisotopic (exact) mass is 563 g/mol. The Morgan fingerprint density at radius 2 is 1.49 bits per heavy atom. The van der Waals surface area contributed by atoms with Crippen molar-refractivity contribution >= 4 is 17.6 Å². The Bertz CT molecular complexity index is 1430. The van der Waals surface area contributed by atoms with E-state index in [1.807, 2.05) is 12.1 Å². The van der Waals surface area contributed by atoms with E-state index in [9.17, 15) is 14.7 Å². The zero-order valence-corrected chi connectivity index (χ0v) is 23.6. The van der Waals surface area contributed by atoms with E-state index in [1.165, 1.54) is 14.2 Å². The molecule has 0 spiro atoms. The molecular weight excluding hydrogens is 530 g/mol. The van der Waals surface area contributed by atoms with Crippen molar-refractivity contribution in [2.75, 3.05) is 47.0 Å². The molecule has 4 atom stereocenters. The van der Waals surface area contributed by atoms with Crippen LogP contribution in [-0.4, -0.2) is 58.7 Å². The van der Waals surface area contributed by atoms with E-state index in [-0.39, 0.29) is 41.8 Å². The highest BCUT2D eigenvalue weighted by Crippen LogP contribution is 2.55. The number of rotatable bonds is 9. The van der Waals surface area contributed by atoms with E-state index >= 15 is 0 Å². The largest absolute Gasteiger partial charge is 0.502 e. The molecule has 10 nitrogen and oxygen atoms in total. The van der Waals surface area contributed by atoms with Gasteiger partial charge in [0, 0.05) is 17.5 Å². The molecule has 216 valence electrons. The molecule has 0 bridgehead atoms. The Labute approximate surface area is 238 Å². The minimum absolute atomic E-state index is 0.126. The standard InChI is InChI=1S/C31H33NO9/c1-6-40-30(34)16-7-9-18(10-8-16)32-28-20-14-23(37-3)22(36-2)13-19(20)26(27-21(28)15-41-31(27)35)17-11-24(38-4)29(33)25(12-17)39-5/h7-14,21,26-28,32-33H,6,15H2,1-5H3/t21-,26+,27-,28+/m0/s1. The molecule has 0 saturated carbocycles. The van der Waals surface area contributed by atoms with E-state index < -0.39 is 17.8 Å². The normalized spacial score (nSPS) is 20.8. The summed E-state index contributed by atoms with van der Waals surface area (Å²) in [6, 6.07) is 13.9. The molecule has 1 saturated heterocycles. The predicted molar refractivity (Wildman–Crippen MR) is 149 cm³/mol. The zero-order valence-electron chi connectivity index (χ0n) is 23.6. The quantitative estimate of drug-likeness (QED) is 0.355. The van der Waals surface area contributed by atoms with E-state index in [4.69, 9.17) is 28.4 Å². The number of carbonyl (C=O) groups is 2. The van der Waals surface area contributed by atoms with Gasteiger partial charge in [-0.15, -0.1) is 0 Å². The lowest BCUT2D eigenvalue weighted by Gasteiger charge is -2.40. The van der Waals surface area contributed by atoms with Gasteiger partial charge in [-0.25, -0.2) is 4.79 Å². The average molecular weight is 564 g/mol. The van der Waals surface area contributed by atoms with Crippen molar-refractivity contribution in [1.82, 2.24) is 0 Å². The molecule has 1 fully saturated rings. The maximum atomic E-state index is 13.4. The van der Waals surface area contributed by atoms with E-state index in [2.05, 4.69) is 5.32 Å². The molecule has 1 heterocycles. The van der Waals surface area contributed by atoms with E-state index in [0.717, 1.165) is 22.4 Å². The van der Waals surface area contributed by atoms with Gasteiger partial charge in [0.1, 0.15) is 0 Å². The molecule has 1 aliphatic carbocycles. The van der Waals surface area contributed by atoms with Crippen LogP contribution in [0.3, 0.4) is 0 Å². The fourth-order valence-electron chi connectivity index (χ4n) is 5.87. The van der Waals surface area contributed by atoms with Crippen LogP contribution in [0.2, 0.25) is 0 Å². The number of methoxy groups -OCH3 is 4. The number of esters is 2. The Kier molecular flexibility index (Phi) is 7.83. The maximum absolute atomic E-state index is 13.4. The Hall–Kier alpha value is -4.60. The van der Waals surface area contributed by atoms with Crippen molar-refractivity contribution in [1.29, 1.82) is 0 Å². The summed E-state index contributed by atoms with van der Waals surface area (Å²) in [6.07, 6.45) is 0. The molecule has 10 heteroatoms. The number of cyclic esters (lactones) is 1. The molecule has 0 aromatic heterocycles. The number of aromatic hydroxyl groups is 1. The van der Waals surface area contributed by atoms with Crippen LogP contribution in [0.25, 0.3) is 0 Å². The first-order valence-corrected chi connectivity index (χ1v) is 13.3. The molecular formula is C31H33NO9. The van der Waals surface area contributed by atoms with Gasteiger partial charge in [-0.05, 0) is 72.1 Å². The molecule has 0 radical (unpaired) electrons. The number of ether oxygens (including phenoxy) is 6. The van der Waals surface area contributed by atoms with Crippen LogP contribution < -0.4 is 24.3 Å².